The van der Waals surface area contributed by atoms with Gasteiger partial charge in [0.2, 0.25) is 0 Å². The molecule has 26 heavy (non-hydrogen) atoms. The molecule has 0 aliphatic carbocycles. The van der Waals surface area contributed by atoms with Crippen molar-refractivity contribution in [3.05, 3.63) is 77.4 Å². The van der Waals surface area contributed by atoms with Gasteiger partial charge in [0.1, 0.15) is 12.4 Å². The van der Waals surface area contributed by atoms with Crippen LogP contribution >= 0.6 is 0 Å². The summed E-state index contributed by atoms with van der Waals surface area (Å²) < 4.78 is 5.73. The Morgan fingerprint density at radius 3 is 2.04 bits per heavy atom. The number of ether oxygens (including phenoxy) is 1. The predicted octanol–water partition coefficient (Wildman–Crippen LogP) is 6.55. The number of unbranched alkanes of at least 4 members (excludes halogenated alkanes) is 3. The fraction of sp³-hybridized carbons (Fsp3) is 0.360. The maximum absolute atomic E-state index is 5.73. The van der Waals surface area contributed by atoms with Gasteiger partial charge in [-0.1, -0.05) is 69.2 Å². The van der Waals surface area contributed by atoms with Crippen molar-refractivity contribution in [2.75, 3.05) is 6.61 Å². The maximum atomic E-state index is 5.73. The molecule has 0 N–H and O–H groups in total. The van der Waals surface area contributed by atoms with Gasteiger partial charge in [0.05, 0.1) is 0 Å². The number of hydrogen-bond donors (Lipinski definition) is 0. The van der Waals surface area contributed by atoms with Crippen molar-refractivity contribution in [2.45, 2.75) is 52.4 Å². The quantitative estimate of drug-likeness (QED) is 0.284. The van der Waals surface area contributed by atoms with Crippen LogP contribution in [-0.4, -0.2) is 6.61 Å². The first-order valence-electron chi connectivity index (χ1n) is 9.80. The van der Waals surface area contributed by atoms with Crippen LogP contribution in [0.3, 0.4) is 0 Å². The normalized spacial score (nSPS) is 10.5. The minimum atomic E-state index is 0.626. The van der Waals surface area contributed by atoms with E-state index in [1.165, 1.54) is 31.2 Å². The van der Waals surface area contributed by atoms with Gasteiger partial charge >= 0.3 is 0 Å². The third kappa shape index (κ3) is 7.62. The van der Waals surface area contributed by atoms with Crippen molar-refractivity contribution in [3.8, 4) is 17.6 Å². The van der Waals surface area contributed by atoms with Gasteiger partial charge in [0.25, 0.3) is 0 Å². The Hall–Kier alpha value is -2.46. The zero-order chi connectivity index (χ0) is 18.5. The second kappa shape index (κ2) is 12.0. The number of allylic oxidation sites excluding steroid dienone is 1. The van der Waals surface area contributed by atoms with Gasteiger partial charge in [-0.3, -0.25) is 0 Å². The lowest BCUT2D eigenvalue weighted by molar-refractivity contribution is 0.362. The Morgan fingerprint density at radius 1 is 0.769 bits per heavy atom. The summed E-state index contributed by atoms with van der Waals surface area (Å²) in [5.41, 5.74) is 3.43. The number of hydrogen-bond acceptors (Lipinski definition) is 1. The van der Waals surface area contributed by atoms with E-state index in [4.69, 9.17) is 4.74 Å². The summed E-state index contributed by atoms with van der Waals surface area (Å²) in [7, 11) is 0. The fourth-order valence-electron chi connectivity index (χ4n) is 2.66. The molecule has 0 radical (unpaired) electrons. The molecule has 0 amide bonds. The van der Waals surface area contributed by atoms with E-state index >= 15 is 0 Å². The molecule has 0 unspecified atom stereocenters. The molecule has 0 aliphatic rings. The van der Waals surface area contributed by atoms with Crippen LogP contribution in [-0.2, 0) is 6.42 Å². The van der Waals surface area contributed by atoms with E-state index in [2.05, 4.69) is 62.1 Å². The smallest absolute Gasteiger partial charge is 0.119 e. The molecule has 2 aromatic rings. The van der Waals surface area contributed by atoms with Crippen LogP contribution < -0.4 is 4.74 Å². The Kier molecular flexibility index (Phi) is 9.15. The minimum absolute atomic E-state index is 0.626. The monoisotopic (exact) mass is 346 g/mol. The molecule has 0 heterocycles. The molecule has 0 aliphatic heterocycles. The highest BCUT2D eigenvalue weighted by Gasteiger charge is 1.94. The van der Waals surface area contributed by atoms with Crippen LogP contribution in [0.2, 0.25) is 0 Å². The lowest BCUT2D eigenvalue weighted by Crippen LogP contribution is -1.93. The highest BCUT2D eigenvalue weighted by Crippen LogP contribution is 2.12. The van der Waals surface area contributed by atoms with Crippen LogP contribution in [0.15, 0.2) is 60.7 Å². The molecule has 0 atom stereocenters. The van der Waals surface area contributed by atoms with Crippen LogP contribution in [0, 0.1) is 11.8 Å². The van der Waals surface area contributed by atoms with Crippen molar-refractivity contribution in [3.63, 3.8) is 0 Å². The van der Waals surface area contributed by atoms with E-state index in [1.807, 2.05) is 24.3 Å². The van der Waals surface area contributed by atoms with Crippen LogP contribution in [0.1, 0.15) is 62.6 Å². The van der Waals surface area contributed by atoms with Crippen molar-refractivity contribution in [1.29, 1.82) is 0 Å². The second-order valence-electron chi connectivity index (χ2n) is 6.50. The minimum Gasteiger partial charge on any atom is -0.490 e. The molecule has 2 aromatic carbocycles. The Morgan fingerprint density at radius 2 is 1.42 bits per heavy atom. The van der Waals surface area contributed by atoms with Crippen molar-refractivity contribution in [1.82, 2.24) is 0 Å². The van der Waals surface area contributed by atoms with Gasteiger partial charge in [-0.05, 0) is 61.2 Å². The van der Waals surface area contributed by atoms with Crippen LogP contribution in [0.25, 0.3) is 0 Å². The standard InChI is InChI=1S/C25H30O/c1-3-5-6-7-8-9-21-26-25-19-17-24(18-20-25)16-15-23-13-11-22(10-4-2)12-14-23/h8-9,11-14,17-20H,3-7,10,21H2,1-2H3. The summed E-state index contributed by atoms with van der Waals surface area (Å²) in [6.07, 6.45) is 11.6. The maximum Gasteiger partial charge on any atom is 0.119 e. The molecule has 0 fully saturated rings. The van der Waals surface area contributed by atoms with E-state index in [0.29, 0.717) is 6.61 Å². The first kappa shape index (κ1) is 19.9. The summed E-state index contributed by atoms with van der Waals surface area (Å²) in [6.45, 7) is 5.05. The van der Waals surface area contributed by atoms with Gasteiger partial charge < -0.3 is 4.74 Å². The molecule has 1 nitrogen and oxygen atoms in total. The van der Waals surface area contributed by atoms with E-state index in [0.717, 1.165) is 29.7 Å². The van der Waals surface area contributed by atoms with E-state index in [1.54, 1.807) is 0 Å². The fourth-order valence-corrected chi connectivity index (χ4v) is 2.66. The highest BCUT2D eigenvalue weighted by atomic mass is 16.5. The third-order valence-electron chi connectivity index (χ3n) is 4.19. The molecule has 0 spiro atoms. The molecular formula is C25H30O. The average molecular weight is 347 g/mol. The van der Waals surface area contributed by atoms with Gasteiger partial charge in [0, 0.05) is 11.1 Å². The molecule has 0 saturated heterocycles. The predicted molar refractivity (Wildman–Crippen MR) is 112 cm³/mol. The van der Waals surface area contributed by atoms with E-state index in [9.17, 15) is 0 Å². The van der Waals surface area contributed by atoms with Crippen molar-refractivity contribution in [2.24, 2.45) is 0 Å². The Balaban J connectivity index is 1.80. The first-order chi connectivity index (χ1) is 12.8. The first-order valence-corrected chi connectivity index (χ1v) is 9.80. The Bertz CT molecular complexity index is 711. The molecule has 0 bridgehead atoms. The summed E-state index contributed by atoms with van der Waals surface area (Å²) >= 11 is 0. The lowest BCUT2D eigenvalue weighted by Gasteiger charge is -2.02. The summed E-state index contributed by atoms with van der Waals surface area (Å²) in [5, 5.41) is 0. The van der Waals surface area contributed by atoms with Crippen molar-refractivity contribution < 1.29 is 4.74 Å². The SMILES string of the molecule is CCCCCC=CCOc1ccc(C#Cc2ccc(CCC)cc2)cc1. The van der Waals surface area contributed by atoms with Gasteiger partial charge in [0.15, 0.2) is 0 Å². The highest BCUT2D eigenvalue weighted by molar-refractivity contribution is 5.44. The van der Waals surface area contributed by atoms with Crippen LogP contribution in [0.5, 0.6) is 5.75 Å². The number of benzene rings is 2. The average Bonchev–Trinajstić information content (AvgIpc) is 2.68. The molecule has 2 rings (SSSR count). The molecule has 0 aromatic heterocycles. The largest absolute Gasteiger partial charge is 0.490 e. The van der Waals surface area contributed by atoms with E-state index in [-0.39, 0.29) is 0 Å². The molecule has 1 heteroatoms. The zero-order valence-electron chi connectivity index (χ0n) is 16.1. The lowest BCUT2D eigenvalue weighted by atomic mass is 10.1. The molecule has 0 saturated carbocycles. The number of rotatable bonds is 9. The topological polar surface area (TPSA) is 9.23 Å². The third-order valence-corrected chi connectivity index (χ3v) is 4.19. The summed E-state index contributed by atoms with van der Waals surface area (Å²) in [5.74, 6) is 7.33. The van der Waals surface area contributed by atoms with Gasteiger partial charge in [-0.25, -0.2) is 0 Å². The van der Waals surface area contributed by atoms with Gasteiger partial charge in [-0.15, -0.1) is 0 Å². The summed E-state index contributed by atoms with van der Waals surface area (Å²) in [6, 6.07) is 16.5. The second-order valence-corrected chi connectivity index (χ2v) is 6.50. The molecular weight excluding hydrogens is 316 g/mol. The molecule has 136 valence electrons. The summed E-state index contributed by atoms with van der Waals surface area (Å²) in [4.78, 5) is 0. The van der Waals surface area contributed by atoms with Gasteiger partial charge in [-0.2, -0.15) is 0 Å². The van der Waals surface area contributed by atoms with Crippen LogP contribution in [0.4, 0.5) is 0 Å². The number of aryl methyl sites for hydroxylation is 1. The zero-order valence-corrected chi connectivity index (χ0v) is 16.1. The van der Waals surface area contributed by atoms with Crippen molar-refractivity contribution >= 4 is 0 Å². The van der Waals surface area contributed by atoms with E-state index < -0.39 is 0 Å². The Labute approximate surface area is 159 Å².